The predicted octanol–water partition coefficient (Wildman–Crippen LogP) is 4.77. The Hall–Kier alpha value is -1.37. The second kappa shape index (κ2) is 5.31. The van der Waals surface area contributed by atoms with Crippen LogP contribution in [0.1, 0.15) is 45.1 Å². The molecule has 0 N–H and O–H groups in total. The molecule has 0 saturated heterocycles. The van der Waals surface area contributed by atoms with Gasteiger partial charge in [0.05, 0.1) is 5.52 Å². The summed E-state index contributed by atoms with van der Waals surface area (Å²) in [7, 11) is 0. The highest BCUT2D eigenvalue weighted by atomic mass is 14.6. The normalized spacial score (nSPS) is 13.2. The van der Waals surface area contributed by atoms with E-state index in [0.29, 0.717) is 5.92 Å². The average molecular weight is 227 g/mol. The molecule has 90 valence electrons. The van der Waals surface area contributed by atoms with E-state index in [-0.39, 0.29) is 0 Å². The van der Waals surface area contributed by atoms with E-state index in [0.717, 1.165) is 11.4 Å². The molecule has 0 saturated carbocycles. The molecule has 17 heavy (non-hydrogen) atoms. The monoisotopic (exact) mass is 227 g/mol. The van der Waals surface area contributed by atoms with Crippen molar-refractivity contribution < 1.29 is 0 Å². The van der Waals surface area contributed by atoms with Crippen LogP contribution >= 0.6 is 0 Å². The van der Waals surface area contributed by atoms with Crippen molar-refractivity contribution in [1.82, 2.24) is 4.98 Å². The van der Waals surface area contributed by atoms with Crippen LogP contribution in [0, 0.1) is 5.92 Å². The maximum atomic E-state index is 4.42. The van der Waals surface area contributed by atoms with Gasteiger partial charge in [-0.05, 0) is 36.0 Å². The number of fused-ring (bicyclic) bond motifs is 1. The molecular weight excluding hydrogens is 206 g/mol. The van der Waals surface area contributed by atoms with E-state index in [9.17, 15) is 0 Å². The van der Waals surface area contributed by atoms with Crippen LogP contribution in [0.15, 0.2) is 36.5 Å². The SMILES string of the molecule is CC(C)CCC(C)c1cccc2ncccc12. The highest BCUT2D eigenvalue weighted by Gasteiger charge is 2.10. The highest BCUT2D eigenvalue weighted by Crippen LogP contribution is 2.28. The lowest BCUT2D eigenvalue weighted by atomic mass is 9.90. The summed E-state index contributed by atoms with van der Waals surface area (Å²) in [6.45, 7) is 6.90. The number of nitrogens with zero attached hydrogens (tertiary/aromatic N) is 1. The fourth-order valence-electron chi connectivity index (χ4n) is 2.30. The molecule has 0 fully saturated rings. The van der Waals surface area contributed by atoms with Gasteiger partial charge in [0.1, 0.15) is 0 Å². The van der Waals surface area contributed by atoms with Crippen molar-refractivity contribution in [3.63, 3.8) is 0 Å². The van der Waals surface area contributed by atoms with Gasteiger partial charge in [-0.15, -0.1) is 0 Å². The number of aromatic nitrogens is 1. The summed E-state index contributed by atoms with van der Waals surface area (Å²) in [5.74, 6) is 1.40. The van der Waals surface area contributed by atoms with Crippen molar-refractivity contribution in [2.24, 2.45) is 5.92 Å². The third-order valence-electron chi connectivity index (χ3n) is 3.39. The molecular formula is C16H21N. The first-order chi connectivity index (χ1) is 8.18. The van der Waals surface area contributed by atoms with Gasteiger partial charge in [0, 0.05) is 11.6 Å². The Bertz CT molecular complexity index is 482. The quantitative estimate of drug-likeness (QED) is 0.733. The van der Waals surface area contributed by atoms with Crippen LogP contribution in [-0.2, 0) is 0 Å². The molecule has 0 spiro atoms. The smallest absolute Gasteiger partial charge is 0.0704 e. The molecule has 0 aliphatic carbocycles. The third kappa shape index (κ3) is 2.85. The molecule has 0 radical (unpaired) electrons. The minimum Gasteiger partial charge on any atom is -0.256 e. The van der Waals surface area contributed by atoms with Crippen molar-refractivity contribution in [2.45, 2.75) is 39.5 Å². The van der Waals surface area contributed by atoms with Gasteiger partial charge in [0.2, 0.25) is 0 Å². The van der Waals surface area contributed by atoms with Gasteiger partial charge in [-0.3, -0.25) is 4.98 Å². The average Bonchev–Trinajstić information content (AvgIpc) is 2.35. The lowest BCUT2D eigenvalue weighted by Crippen LogP contribution is -1.98. The maximum absolute atomic E-state index is 4.42. The summed E-state index contributed by atoms with van der Waals surface area (Å²) in [6.07, 6.45) is 4.41. The minimum atomic E-state index is 0.616. The second-order valence-corrected chi connectivity index (χ2v) is 5.29. The lowest BCUT2D eigenvalue weighted by Gasteiger charge is -2.15. The van der Waals surface area contributed by atoms with Gasteiger partial charge >= 0.3 is 0 Å². The topological polar surface area (TPSA) is 12.9 Å². The van der Waals surface area contributed by atoms with Gasteiger partial charge in [-0.25, -0.2) is 0 Å². The molecule has 1 heteroatoms. The zero-order valence-electron chi connectivity index (χ0n) is 11.0. The fraction of sp³-hybridized carbons (Fsp3) is 0.438. The highest BCUT2D eigenvalue weighted by molar-refractivity contribution is 5.82. The summed E-state index contributed by atoms with van der Waals surface area (Å²) in [5.41, 5.74) is 2.55. The van der Waals surface area contributed by atoms with Crippen molar-refractivity contribution in [1.29, 1.82) is 0 Å². The fourth-order valence-corrected chi connectivity index (χ4v) is 2.30. The summed E-state index contributed by atoms with van der Waals surface area (Å²) in [5, 5.41) is 1.31. The van der Waals surface area contributed by atoms with Crippen molar-refractivity contribution >= 4 is 10.9 Å². The van der Waals surface area contributed by atoms with Crippen LogP contribution in [0.4, 0.5) is 0 Å². The summed E-state index contributed by atoms with van der Waals surface area (Å²) in [4.78, 5) is 4.42. The van der Waals surface area contributed by atoms with Crippen molar-refractivity contribution in [2.75, 3.05) is 0 Å². The first-order valence-corrected chi connectivity index (χ1v) is 6.52. The van der Waals surface area contributed by atoms with Crippen molar-refractivity contribution in [3.05, 3.63) is 42.1 Å². The predicted molar refractivity (Wildman–Crippen MR) is 74.2 cm³/mol. The molecule has 1 nitrogen and oxygen atoms in total. The second-order valence-electron chi connectivity index (χ2n) is 5.29. The Kier molecular flexibility index (Phi) is 3.78. The van der Waals surface area contributed by atoms with Gasteiger partial charge in [-0.2, -0.15) is 0 Å². The van der Waals surface area contributed by atoms with Crippen LogP contribution in [0.25, 0.3) is 10.9 Å². The number of benzene rings is 1. The van der Waals surface area contributed by atoms with E-state index in [1.54, 1.807) is 0 Å². The van der Waals surface area contributed by atoms with Crippen LogP contribution in [0.3, 0.4) is 0 Å². The first kappa shape index (κ1) is 12.1. The molecule has 1 aromatic heterocycles. The Balaban J connectivity index is 2.28. The molecule has 0 aliphatic rings. The number of hydrogen-bond acceptors (Lipinski definition) is 1. The number of rotatable bonds is 4. The Labute approximate surface area is 104 Å². The van der Waals surface area contributed by atoms with Gasteiger partial charge in [-0.1, -0.05) is 45.4 Å². The molecule has 2 aromatic rings. The molecule has 1 aromatic carbocycles. The van der Waals surface area contributed by atoms with Crippen LogP contribution in [-0.4, -0.2) is 4.98 Å². The van der Waals surface area contributed by atoms with Gasteiger partial charge in [0.15, 0.2) is 0 Å². The standard InChI is InChI=1S/C16H21N/c1-12(2)9-10-13(3)14-6-4-8-16-15(14)7-5-11-17-16/h4-8,11-13H,9-10H2,1-3H3. The molecule has 0 aliphatic heterocycles. The molecule has 2 rings (SSSR count). The minimum absolute atomic E-state index is 0.616. The van der Waals surface area contributed by atoms with E-state index in [1.807, 2.05) is 12.3 Å². The van der Waals surface area contributed by atoms with Gasteiger partial charge < -0.3 is 0 Å². The van der Waals surface area contributed by atoms with Crippen molar-refractivity contribution in [3.8, 4) is 0 Å². The molecule has 1 heterocycles. The van der Waals surface area contributed by atoms with Crippen LogP contribution in [0.5, 0.6) is 0 Å². The van der Waals surface area contributed by atoms with E-state index >= 15 is 0 Å². The zero-order valence-corrected chi connectivity index (χ0v) is 11.0. The Morgan fingerprint density at radius 2 is 1.82 bits per heavy atom. The largest absolute Gasteiger partial charge is 0.256 e. The molecule has 1 atom stereocenters. The van der Waals surface area contributed by atoms with E-state index < -0.39 is 0 Å². The van der Waals surface area contributed by atoms with E-state index in [2.05, 4.69) is 50.0 Å². The summed E-state index contributed by atoms with van der Waals surface area (Å²) in [6, 6.07) is 10.7. The van der Waals surface area contributed by atoms with Crippen LogP contribution in [0.2, 0.25) is 0 Å². The Morgan fingerprint density at radius 1 is 1.00 bits per heavy atom. The zero-order chi connectivity index (χ0) is 12.3. The summed E-state index contributed by atoms with van der Waals surface area (Å²) < 4.78 is 0. The molecule has 0 bridgehead atoms. The lowest BCUT2D eigenvalue weighted by molar-refractivity contribution is 0.518. The summed E-state index contributed by atoms with van der Waals surface area (Å²) >= 11 is 0. The first-order valence-electron chi connectivity index (χ1n) is 6.52. The van der Waals surface area contributed by atoms with Gasteiger partial charge in [0.25, 0.3) is 0 Å². The molecule has 1 unspecified atom stereocenters. The van der Waals surface area contributed by atoms with Crippen LogP contribution < -0.4 is 0 Å². The number of hydrogen-bond donors (Lipinski definition) is 0. The van der Waals surface area contributed by atoms with E-state index in [4.69, 9.17) is 0 Å². The molecule has 0 amide bonds. The van der Waals surface area contributed by atoms with E-state index in [1.165, 1.54) is 23.8 Å². The number of pyridine rings is 1. The third-order valence-corrected chi connectivity index (χ3v) is 3.39. The maximum Gasteiger partial charge on any atom is 0.0704 e. The Morgan fingerprint density at radius 3 is 2.59 bits per heavy atom.